The predicted octanol–water partition coefficient (Wildman–Crippen LogP) is 3.94. The summed E-state index contributed by atoms with van der Waals surface area (Å²) in [6.07, 6.45) is 1.56. The molecule has 2 aromatic heterocycles. The second-order valence-electron chi connectivity index (χ2n) is 6.60. The number of aromatic nitrogens is 1. The summed E-state index contributed by atoms with van der Waals surface area (Å²) in [6.45, 7) is 0.515. The van der Waals surface area contributed by atoms with Crippen LogP contribution in [0.3, 0.4) is 0 Å². The fourth-order valence-corrected chi connectivity index (χ4v) is 3.89. The number of hydrogen-bond donors (Lipinski definition) is 3. The molecule has 156 valence electrons. The second-order valence-corrected chi connectivity index (χ2v) is 7.60. The molecular formula is C23H19N3O4S. The van der Waals surface area contributed by atoms with Gasteiger partial charge in [-0.3, -0.25) is 9.59 Å². The number of phenols is 1. The van der Waals surface area contributed by atoms with E-state index in [9.17, 15) is 14.7 Å². The number of nitrogens with one attached hydrogen (secondary N) is 2. The SMILES string of the molecule is O=C(NCCNC(=O)c1sc(-c2ccco2)nc1-c1ccccc1)c1ccc(O)cc1. The number of amides is 2. The molecule has 7 nitrogen and oxygen atoms in total. The highest BCUT2D eigenvalue weighted by atomic mass is 32.1. The Morgan fingerprint density at radius 1 is 0.903 bits per heavy atom. The lowest BCUT2D eigenvalue weighted by molar-refractivity contribution is 0.0930. The molecule has 0 aliphatic heterocycles. The lowest BCUT2D eigenvalue weighted by Crippen LogP contribution is -2.34. The molecule has 4 aromatic rings. The maximum atomic E-state index is 12.9. The van der Waals surface area contributed by atoms with Crippen molar-refractivity contribution >= 4 is 23.2 Å². The van der Waals surface area contributed by atoms with E-state index >= 15 is 0 Å². The van der Waals surface area contributed by atoms with Crippen molar-refractivity contribution in [1.29, 1.82) is 0 Å². The molecule has 4 rings (SSSR count). The Morgan fingerprint density at radius 3 is 2.29 bits per heavy atom. The van der Waals surface area contributed by atoms with E-state index in [1.807, 2.05) is 30.3 Å². The Balaban J connectivity index is 1.43. The third kappa shape index (κ3) is 4.81. The summed E-state index contributed by atoms with van der Waals surface area (Å²) in [6, 6.07) is 19.0. The summed E-state index contributed by atoms with van der Waals surface area (Å²) in [5.74, 6) is 0.143. The molecule has 2 aromatic carbocycles. The van der Waals surface area contributed by atoms with E-state index < -0.39 is 0 Å². The number of hydrogen-bond acceptors (Lipinski definition) is 6. The number of furan rings is 1. The Bertz CT molecular complexity index is 1170. The first-order valence-corrected chi connectivity index (χ1v) is 10.4. The van der Waals surface area contributed by atoms with E-state index in [-0.39, 0.29) is 30.7 Å². The van der Waals surface area contributed by atoms with Crippen molar-refractivity contribution in [1.82, 2.24) is 15.6 Å². The number of carbonyl (C=O) groups is 2. The average Bonchev–Trinajstić information content (AvgIpc) is 3.47. The van der Waals surface area contributed by atoms with Crippen LogP contribution in [-0.2, 0) is 0 Å². The van der Waals surface area contributed by atoms with Crippen molar-refractivity contribution in [3.05, 3.63) is 83.4 Å². The van der Waals surface area contributed by atoms with Gasteiger partial charge in [0.15, 0.2) is 10.8 Å². The van der Waals surface area contributed by atoms with Crippen molar-refractivity contribution in [2.75, 3.05) is 13.1 Å². The van der Waals surface area contributed by atoms with Crippen molar-refractivity contribution < 1.29 is 19.1 Å². The predicted molar refractivity (Wildman–Crippen MR) is 118 cm³/mol. The van der Waals surface area contributed by atoms with Crippen LogP contribution in [0.4, 0.5) is 0 Å². The average molecular weight is 433 g/mol. The maximum Gasteiger partial charge on any atom is 0.263 e. The first-order chi connectivity index (χ1) is 15.1. The van der Waals surface area contributed by atoms with E-state index in [1.54, 1.807) is 18.4 Å². The van der Waals surface area contributed by atoms with Crippen LogP contribution >= 0.6 is 11.3 Å². The normalized spacial score (nSPS) is 10.6. The number of carbonyl (C=O) groups excluding carboxylic acids is 2. The minimum absolute atomic E-state index is 0.0940. The number of rotatable bonds is 7. The van der Waals surface area contributed by atoms with Crippen molar-refractivity contribution in [2.24, 2.45) is 0 Å². The number of phenolic OH excluding ortho intramolecular Hbond substituents is 1. The van der Waals surface area contributed by atoms with Crippen LogP contribution in [-0.4, -0.2) is 35.0 Å². The highest BCUT2D eigenvalue weighted by Crippen LogP contribution is 2.34. The molecule has 0 unspecified atom stereocenters. The van der Waals surface area contributed by atoms with Crippen LogP contribution in [0, 0.1) is 0 Å². The summed E-state index contributed by atoms with van der Waals surface area (Å²) in [5.41, 5.74) is 1.85. The van der Waals surface area contributed by atoms with Crippen LogP contribution in [0.25, 0.3) is 22.0 Å². The Morgan fingerprint density at radius 2 is 1.61 bits per heavy atom. The van der Waals surface area contributed by atoms with E-state index in [2.05, 4.69) is 15.6 Å². The van der Waals surface area contributed by atoms with Crippen LogP contribution < -0.4 is 10.6 Å². The van der Waals surface area contributed by atoms with Crippen molar-refractivity contribution in [2.45, 2.75) is 0 Å². The minimum atomic E-state index is -0.280. The standard InChI is InChI=1S/C23H19N3O4S/c27-17-10-8-16(9-11-17)21(28)24-12-13-25-22(29)20-19(15-5-2-1-3-6-15)26-23(31-20)18-7-4-14-30-18/h1-11,14,27H,12-13H2,(H,24,28)(H,25,29). The van der Waals surface area contributed by atoms with Crippen LogP contribution in [0.1, 0.15) is 20.0 Å². The lowest BCUT2D eigenvalue weighted by atomic mass is 10.1. The maximum absolute atomic E-state index is 12.9. The molecule has 0 spiro atoms. The summed E-state index contributed by atoms with van der Waals surface area (Å²) < 4.78 is 5.43. The Kier molecular flexibility index (Phi) is 6.09. The zero-order valence-electron chi connectivity index (χ0n) is 16.4. The van der Waals surface area contributed by atoms with E-state index in [1.165, 1.54) is 35.6 Å². The largest absolute Gasteiger partial charge is 0.508 e. The molecule has 0 bridgehead atoms. The first kappa shape index (κ1) is 20.4. The van der Waals surface area contributed by atoms with Crippen LogP contribution in [0.5, 0.6) is 5.75 Å². The quantitative estimate of drug-likeness (QED) is 0.383. The highest BCUT2D eigenvalue weighted by molar-refractivity contribution is 7.17. The number of benzene rings is 2. The smallest absolute Gasteiger partial charge is 0.263 e. The van der Waals surface area contributed by atoms with E-state index in [0.29, 0.717) is 26.9 Å². The van der Waals surface area contributed by atoms with E-state index in [0.717, 1.165) is 5.56 Å². The Labute approximate surface area is 182 Å². The Hall–Kier alpha value is -3.91. The van der Waals surface area contributed by atoms with Crippen LogP contribution in [0.2, 0.25) is 0 Å². The molecule has 0 saturated carbocycles. The van der Waals surface area contributed by atoms with Gasteiger partial charge in [0.05, 0.1) is 12.0 Å². The molecule has 0 atom stereocenters. The van der Waals surface area contributed by atoms with Gasteiger partial charge in [-0.25, -0.2) is 4.98 Å². The lowest BCUT2D eigenvalue weighted by Gasteiger charge is -2.07. The fourth-order valence-electron chi connectivity index (χ4n) is 2.92. The van der Waals surface area contributed by atoms with Gasteiger partial charge in [-0.15, -0.1) is 11.3 Å². The van der Waals surface area contributed by atoms with Crippen molar-refractivity contribution in [3.8, 4) is 27.8 Å². The molecule has 0 saturated heterocycles. The van der Waals surface area contributed by atoms with Gasteiger partial charge in [0.25, 0.3) is 11.8 Å². The van der Waals surface area contributed by atoms with Gasteiger partial charge in [0.1, 0.15) is 10.6 Å². The molecule has 0 radical (unpaired) electrons. The number of aromatic hydroxyl groups is 1. The number of nitrogens with zero attached hydrogens (tertiary/aromatic N) is 1. The molecule has 0 fully saturated rings. The molecular weight excluding hydrogens is 414 g/mol. The highest BCUT2D eigenvalue weighted by Gasteiger charge is 2.21. The summed E-state index contributed by atoms with van der Waals surface area (Å²) in [5, 5.41) is 15.5. The topological polar surface area (TPSA) is 104 Å². The number of thiazole rings is 1. The molecule has 2 amide bonds. The first-order valence-electron chi connectivity index (χ1n) is 9.57. The zero-order chi connectivity index (χ0) is 21.6. The summed E-state index contributed by atoms with van der Waals surface area (Å²) in [7, 11) is 0. The van der Waals surface area contributed by atoms with Gasteiger partial charge in [-0.2, -0.15) is 0 Å². The van der Waals surface area contributed by atoms with Gasteiger partial charge in [0.2, 0.25) is 0 Å². The minimum Gasteiger partial charge on any atom is -0.508 e. The van der Waals surface area contributed by atoms with Gasteiger partial charge >= 0.3 is 0 Å². The molecule has 0 aliphatic rings. The molecule has 0 aliphatic carbocycles. The third-order valence-corrected chi connectivity index (χ3v) is 5.51. The monoisotopic (exact) mass is 433 g/mol. The van der Waals surface area contributed by atoms with Crippen molar-refractivity contribution in [3.63, 3.8) is 0 Å². The third-order valence-electron chi connectivity index (χ3n) is 4.44. The fraction of sp³-hybridized carbons (Fsp3) is 0.0870. The zero-order valence-corrected chi connectivity index (χ0v) is 17.2. The molecule has 8 heteroatoms. The van der Waals surface area contributed by atoms with E-state index in [4.69, 9.17) is 4.42 Å². The van der Waals surface area contributed by atoms with Gasteiger partial charge in [0, 0.05) is 24.2 Å². The van der Waals surface area contributed by atoms with Gasteiger partial charge < -0.3 is 20.2 Å². The van der Waals surface area contributed by atoms with Gasteiger partial charge in [-0.1, -0.05) is 30.3 Å². The van der Waals surface area contributed by atoms with Gasteiger partial charge in [-0.05, 0) is 36.4 Å². The summed E-state index contributed by atoms with van der Waals surface area (Å²) >= 11 is 1.25. The summed E-state index contributed by atoms with van der Waals surface area (Å²) in [4.78, 5) is 30.1. The molecule has 31 heavy (non-hydrogen) atoms. The molecule has 3 N–H and O–H groups in total. The second kappa shape index (κ2) is 9.27. The molecule has 2 heterocycles. The van der Waals surface area contributed by atoms with Crippen LogP contribution in [0.15, 0.2) is 77.4 Å².